The minimum atomic E-state index is -0.799. The maximum Gasteiger partial charge on any atom is 0.306 e. The first kappa shape index (κ1) is 69.3. The third-order valence-corrected chi connectivity index (χ3v) is 13.0. The van der Waals surface area contributed by atoms with Gasteiger partial charge in [-0.1, -0.05) is 246 Å². The first-order valence-electron chi connectivity index (χ1n) is 30.7. The molecule has 1 atom stereocenters. The topological polar surface area (TPSA) is 78.9 Å². The van der Waals surface area contributed by atoms with Crippen LogP contribution < -0.4 is 0 Å². The lowest BCUT2D eigenvalue weighted by atomic mass is 10.0. The molecule has 0 radical (unpaired) electrons. The Kier molecular flexibility index (Phi) is 57.8. The Morgan fingerprint density at radius 1 is 0.288 bits per heavy atom. The number of allylic oxidation sites excluding steroid dienone is 16. The zero-order valence-electron chi connectivity index (χ0n) is 47.9. The molecule has 0 heterocycles. The molecule has 0 amide bonds. The molecule has 0 unspecified atom stereocenters. The summed E-state index contributed by atoms with van der Waals surface area (Å²) in [6.45, 7) is 6.48. The van der Waals surface area contributed by atoms with Crippen molar-refractivity contribution < 1.29 is 28.6 Å². The van der Waals surface area contributed by atoms with Gasteiger partial charge < -0.3 is 14.2 Å². The molecule has 0 N–H and O–H groups in total. The summed E-state index contributed by atoms with van der Waals surface area (Å²) in [5.41, 5.74) is 0. The lowest BCUT2D eigenvalue weighted by molar-refractivity contribution is -0.167. The van der Waals surface area contributed by atoms with E-state index in [0.29, 0.717) is 19.3 Å². The Morgan fingerprint density at radius 2 is 0.534 bits per heavy atom. The highest BCUT2D eigenvalue weighted by molar-refractivity contribution is 5.71. The highest BCUT2D eigenvalue weighted by Gasteiger charge is 2.19. The SMILES string of the molecule is CC/C=C\C/C=C\C/C=C\C/C=C\C/C=C\CCCCCC(=O)OC[C@H](COC(=O)CCCCCCC/C=C\C/C=C\CCCCC)OC(=O)CCCCCCCCCCCCC/C=C\CCCCCCCC. The Balaban J connectivity index is 4.44. The molecule has 6 heteroatoms. The maximum atomic E-state index is 12.9. The Hall–Kier alpha value is -3.67. The van der Waals surface area contributed by atoms with Gasteiger partial charge in [0.2, 0.25) is 0 Å². The lowest BCUT2D eigenvalue weighted by Crippen LogP contribution is -2.30. The van der Waals surface area contributed by atoms with Gasteiger partial charge in [-0.25, -0.2) is 0 Å². The van der Waals surface area contributed by atoms with Crippen molar-refractivity contribution in [3.8, 4) is 0 Å². The summed E-state index contributed by atoms with van der Waals surface area (Å²) in [6.07, 6.45) is 81.2. The summed E-state index contributed by atoms with van der Waals surface area (Å²) in [6, 6.07) is 0. The fraction of sp³-hybridized carbons (Fsp3) is 0.716. The molecule has 0 fully saturated rings. The van der Waals surface area contributed by atoms with Crippen LogP contribution in [0.4, 0.5) is 0 Å². The normalized spacial score (nSPS) is 12.8. The van der Waals surface area contributed by atoms with Crippen LogP contribution in [0.2, 0.25) is 0 Å². The second-order valence-corrected chi connectivity index (χ2v) is 20.2. The Labute approximate surface area is 451 Å². The highest BCUT2D eigenvalue weighted by Crippen LogP contribution is 2.15. The van der Waals surface area contributed by atoms with Gasteiger partial charge in [-0.3, -0.25) is 14.4 Å². The smallest absolute Gasteiger partial charge is 0.306 e. The van der Waals surface area contributed by atoms with E-state index in [-0.39, 0.29) is 31.1 Å². The number of esters is 3. The van der Waals surface area contributed by atoms with Crippen molar-refractivity contribution >= 4 is 17.9 Å². The van der Waals surface area contributed by atoms with E-state index in [1.54, 1.807) is 0 Å². The lowest BCUT2D eigenvalue weighted by Gasteiger charge is -2.18. The molecule has 0 saturated carbocycles. The average Bonchev–Trinajstić information content (AvgIpc) is 3.39. The largest absolute Gasteiger partial charge is 0.462 e. The number of hydrogen-bond donors (Lipinski definition) is 0. The standard InChI is InChI=1S/C67H114O6/c1-4-7-10-13-16-19-22-25-28-30-32-33-35-37-40-43-46-49-52-55-58-61-67(70)73-64(62-71-65(68)59-56-53-50-47-44-41-38-27-24-21-18-15-12-9-6-3)63-72-66(69)60-57-54-51-48-45-42-39-36-34-31-29-26-23-20-17-14-11-8-5-2/h8,11,17-18,20-21,25-29,34,36,38,42,45,64H,4-7,9-10,12-16,19,22-24,30-33,35,37,39-41,43-44,46-63H2,1-3H3/b11-8-,20-17-,21-18-,28-25-,29-26-,36-34-,38-27-,45-42-/t64-/m0/s1. The maximum absolute atomic E-state index is 12.9. The number of unbranched alkanes of at least 4 members (excludes halogenated alkanes) is 28. The number of carbonyl (C=O) groups is 3. The fourth-order valence-electron chi connectivity index (χ4n) is 8.44. The second kappa shape index (κ2) is 60.9. The average molecular weight is 1020 g/mol. The van der Waals surface area contributed by atoms with Crippen molar-refractivity contribution in [3.05, 3.63) is 97.2 Å². The summed E-state index contributed by atoms with van der Waals surface area (Å²) in [5.74, 6) is -0.935. The van der Waals surface area contributed by atoms with Crippen LogP contribution in [0.25, 0.3) is 0 Å². The molecule has 0 saturated heterocycles. The van der Waals surface area contributed by atoms with Gasteiger partial charge >= 0.3 is 17.9 Å². The van der Waals surface area contributed by atoms with Gasteiger partial charge in [-0.2, -0.15) is 0 Å². The van der Waals surface area contributed by atoms with E-state index in [0.717, 1.165) is 122 Å². The van der Waals surface area contributed by atoms with E-state index < -0.39 is 6.10 Å². The molecule has 0 aliphatic rings. The van der Waals surface area contributed by atoms with Gasteiger partial charge in [-0.15, -0.1) is 0 Å². The summed E-state index contributed by atoms with van der Waals surface area (Å²) in [4.78, 5) is 38.3. The zero-order valence-corrected chi connectivity index (χ0v) is 47.9. The third-order valence-electron chi connectivity index (χ3n) is 13.0. The van der Waals surface area contributed by atoms with E-state index in [4.69, 9.17) is 14.2 Å². The van der Waals surface area contributed by atoms with Crippen molar-refractivity contribution in [1.29, 1.82) is 0 Å². The van der Waals surface area contributed by atoms with Crippen LogP contribution in [0.3, 0.4) is 0 Å². The molecule has 0 aliphatic carbocycles. The number of carbonyl (C=O) groups excluding carboxylic acids is 3. The molecule has 0 aromatic heterocycles. The molecule has 0 rings (SSSR count). The van der Waals surface area contributed by atoms with Gasteiger partial charge in [0.05, 0.1) is 0 Å². The van der Waals surface area contributed by atoms with Crippen LogP contribution in [0.1, 0.15) is 290 Å². The first-order valence-corrected chi connectivity index (χ1v) is 30.7. The Bertz CT molecular complexity index is 1440. The first-order chi connectivity index (χ1) is 36.0. The van der Waals surface area contributed by atoms with E-state index >= 15 is 0 Å². The predicted molar refractivity (Wildman–Crippen MR) is 316 cm³/mol. The summed E-state index contributed by atoms with van der Waals surface area (Å²) >= 11 is 0. The van der Waals surface area contributed by atoms with Crippen LogP contribution in [-0.4, -0.2) is 37.2 Å². The highest BCUT2D eigenvalue weighted by atomic mass is 16.6. The fourth-order valence-corrected chi connectivity index (χ4v) is 8.44. The molecular formula is C67H114O6. The summed E-state index contributed by atoms with van der Waals surface area (Å²) in [5, 5.41) is 0. The van der Waals surface area contributed by atoms with Gasteiger partial charge in [0.1, 0.15) is 13.2 Å². The van der Waals surface area contributed by atoms with E-state index in [9.17, 15) is 14.4 Å². The Morgan fingerprint density at radius 3 is 0.890 bits per heavy atom. The number of ether oxygens (including phenoxy) is 3. The van der Waals surface area contributed by atoms with Gasteiger partial charge in [0.15, 0.2) is 6.10 Å². The second-order valence-electron chi connectivity index (χ2n) is 20.2. The molecular weight excluding hydrogens is 901 g/mol. The predicted octanol–water partition coefficient (Wildman–Crippen LogP) is 20.9. The molecule has 0 bridgehead atoms. The summed E-state index contributed by atoms with van der Waals surface area (Å²) < 4.78 is 16.9. The third kappa shape index (κ3) is 59.1. The van der Waals surface area contributed by atoms with Gasteiger partial charge in [0, 0.05) is 19.3 Å². The van der Waals surface area contributed by atoms with Crippen LogP contribution in [0.5, 0.6) is 0 Å². The molecule has 73 heavy (non-hydrogen) atoms. The van der Waals surface area contributed by atoms with E-state index in [2.05, 4.69) is 118 Å². The molecule has 418 valence electrons. The molecule has 6 nitrogen and oxygen atoms in total. The summed E-state index contributed by atoms with van der Waals surface area (Å²) in [7, 11) is 0. The molecule has 0 aromatic carbocycles. The van der Waals surface area contributed by atoms with Crippen LogP contribution in [0.15, 0.2) is 97.2 Å². The van der Waals surface area contributed by atoms with Crippen molar-refractivity contribution in [1.82, 2.24) is 0 Å². The zero-order chi connectivity index (χ0) is 52.9. The van der Waals surface area contributed by atoms with Gasteiger partial charge in [-0.05, 0) is 122 Å². The number of rotatable bonds is 55. The van der Waals surface area contributed by atoms with Crippen molar-refractivity contribution in [2.75, 3.05) is 13.2 Å². The number of hydrogen-bond acceptors (Lipinski definition) is 6. The monoisotopic (exact) mass is 1010 g/mol. The van der Waals surface area contributed by atoms with Crippen LogP contribution >= 0.6 is 0 Å². The van der Waals surface area contributed by atoms with E-state index in [1.165, 1.54) is 128 Å². The van der Waals surface area contributed by atoms with Crippen molar-refractivity contribution in [3.63, 3.8) is 0 Å². The minimum Gasteiger partial charge on any atom is -0.462 e. The van der Waals surface area contributed by atoms with Crippen molar-refractivity contribution in [2.24, 2.45) is 0 Å². The molecule has 0 aliphatic heterocycles. The molecule has 0 aromatic rings. The quantitative estimate of drug-likeness (QED) is 0.0261. The van der Waals surface area contributed by atoms with Gasteiger partial charge in [0.25, 0.3) is 0 Å². The van der Waals surface area contributed by atoms with Crippen molar-refractivity contribution in [2.45, 2.75) is 297 Å². The van der Waals surface area contributed by atoms with E-state index in [1.807, 2.05) is 0 Å². The molecule has 0 spiro atoms. The van der Waals surface area contributed by atoms with Crippen LogP contribution in [0, 0.1) is 0 Å². The minimum absolute atomic E-state index is 0.0955. The van der Waals surface area contributed by atoms with Crippen LogP contribution in [-0.2, 0) is 28.6 Å².